The Kier molecular flexibility index (Phi) is 14.5. The maximum atomic E-state index is 6.05. The first-order valence-electron chi connectivity index (χ1n) is 10.7. The normalized spacial score (nSPS) is 21.2. The van der Waals surface area contributed by atoms with E-state index in [0.29, 0.717) is 12.0 Å². The summed E-state index contributed by atoms with van der Waals surface area (Å²) in [5.41, 5.74) is 0. The molecule has 2 N–H and O–H groups in total. The zero-order chi connectivity index (χ0) is 18.5. The van der Waals surface area contributed by atoms with Crippen molar-refractivity contribution in [3.05, 3.63) is 0 Å². The van der Waals surface area contributed by atoms with Crippen molar-refractivity contribution in [2.24, 2.45) is 10.9 Å². The highest BCUT2D eigenvalue weighted by Gasteiger charge is 2.14. The number of morpholine rings is 1. The molecule has 0 amide bonds. The van der Waals surface area contributed by atoms with Crippen molar-refractivity contribution in [1.82, 2.24) is 15.5 Å². The van der Waals surface area contributed by atoms with Gasteiger partial charge in [-0.15, -0.1) is 24.0 Å². The average molecular weight is 496 g/mol. The van der Waals surface area contributed by atoms with Gasteiger partial charge in [-0.1, -0.05) is 32.6 Å². The fourth-order valence-electron chi connectivity index (χ4n) is 3.67. The molecule has 2 aliphatic rings. The van der Waals surface area contributed by atoms with E-state index < -0.39 is 0 Å². The van der Waals surface area contributed by atoms with Gasteiger partial charge in [0, 0.05) is 39.3 Å². The molecule has 0 radical (unpaired) electrons. The van der Waals surface area contributed by atoms with Crippen molar-refractivity contribution in [2.45, 2.75) is 58.5 Å². The second-order valence-electron chi connectivity index (χ2n) is 7.65. The fourth-order valence-corrected chi connectivity index (χ4v) is 3.67. The molecule has 1 saturated carbocycles. The molecule has 0 spiro atoms. The molecule has 1 atom stereocenters. The molecule has 1 heterocycles. The molecule has 27 heavy (non-hydrogen) atoms. The molecule has 1 saturated heterocycles. The first kappa shape index (κ1) is 24.9. The molecule has 1 aliphatic heterocycles. The highest BCUT2D eigenvalue weighted by atomic mass is 127. The Morgan fingerprint density at radius 1 is 1.15 bits per heavy atom. The van der Waals surface area contributed by atoms with Crippen molar-refractivity contribution < 1.29 is 9.47 Å². The third-order valence-electron chi connectivity index (χ3n) is 5.13. The standard InChI is InChI=1S/C20H40N4O2.HI/c1-3-21-20(22-10-13-26-19-8-6-4-5-7-9-19)23-16-18(2)17-24-11-14-25-15-12-24;/h18-19H,3-17H2,1-2H3,(H2,21,22,23);1H. The second kappa shape index (κ2) is 15.8. The van der Waals surface area contributed by atoms with Crippen LogP contribution in [0.1, 0.15) is 52.4 Å². The van der Waals surface area contributed by atoms with Gasteiger partial charge in [-0.2, -0.15) is 0 Å². The summed E-state index contributed by atoms with van der Waals surface area (Å²) in [6.45, 7) is 12.6. The van der Waals surface area contributed by atoms with Crippen LogP contribution in [0.25, 0.3) is 0 Å². The molecular formula is C20H41IN4O2. The lowest BCUT2D eigenvalue weighted by Gasteiger charge is -2.28. The van der Waals surface area contributed by atoms with Crippen LogP contribution in [-0.4, -0.2) is 76.1 Å². The molecule has 0 bridgehead atoms. The van der Waals surface area contributed by atoms with Crippen molar-refractivity contribution in [1.29, 1.82) is 0 Å². The van der Waals surface area contributed by atoms with E-state index in [9.17, 15) is 0 Å². The van der Waals surface area contributed by atoms with Gasteiger partial charge >= 0.3 is 0 Å². The summed E-state index contributed by atoms with van der Waals surface area (Å²) in [6, 6.07) is 0. The first-order chi connectivity index (χ1) is 12.8. The van der Waals surface area contributed by atoms with Gasteiger partial charge in [0.25, 0.3) is 0 Å². The number of rotatable bonds is 9. The first-order valence-corrected chi connectivity index (χ1v) is 10.7. The molecule has 6 nitrogen and oxygen atoms in total. The van der Waals surface area contributed by atoms with Crippen LogP contribution in [0.15, 0.2) is 4.99 Å². The predicted octanol–water partition coefficient (Wildman–Crippen LogP) is 2.87. The van der Waals surface area contributed by atoms with E-state index in [0.717, 1.165) is 65.0 Å². The molecule has 0 aromatic heterocycles. The number of hydrogen-bond donors (Lipinski definition) is 2. The summed E-state index contributed by atoms with van der Waals surface area (Å²) in [5, 5.41) is 6.75. The number of nitrogens with one attached hydrogen (secondary N) is 2. The smallest absolute Gasteiger partial charge is 0.191 e. The quantitative estimate of drug-likeness (QED) is 0.169. The van der Waals surface area contributed by atoms with Gasteiger partial charge in [-0.05, 0) is 25.7 Å². The van der Waals surface area contributed by atoms with Gasteiger partial charge in [0.2, 0.25) is 0 Å². The molecule has 1 aliphatic carbocycles. The van der Waals surface area contributed by atoms with Crippen molar-refractivity contribution in [3.8, 4) is 0 Å². The molecule has 1 unspecified atom stereocenters. The summed E-state index contributed by atoms with van der Waals surface area (Å²) in [7, 11) is 0. The van der Waals surface area contributed by atoms with Gasteiger partial charge in [-0.3, -0.25) is 9.89 Å². The minimum Gasteiger partial charge on any atom is -0.379 e. The lowest BCUT2D eigenvalue weighted by molar-refractivity contribution is 0.0323. The van der Waals surface area contributed by atoms with Crippen LogP contribution in [0.5, 0.6) is 0 Å². The molecule has 2 fully saturated rings. The number of halogens is 1. The van der Waals surface area contributed by atoms with Crippen LogP contribution in [0.4, 0.5) is 0 Å². The molecule has 2 rings (SSSR count). The van der Waals surface area contributed by atoms with E-state index in [1.165, 1.54) is 38.5 Å². The van der Waals surface area contributed by atoms with E-state index in [2.05, 4.69) is 29.4 Å². The van der Waals surface area contributed by atoms with Gasteiger partial charge < -0.3 is 20.1 Å². The van der Waals surface area contributed by atoms with Crippen molar-refractivity contribution in [3.63, 3.8) is 0 Å². The predicted molar refractivity (Wildman–Crippen MR) is 123 cm³/mol. The maximum Gasteiger partial charge on any atom is 0.191 e. The topological polar surface area (TPSA) is 58.1 Å². The lowest BCUT2D eigenvalue weighted by Crippen LogP contribution is -2.41. The Balaban J connectivity index is 0.00000364. The van der Waals surface area contributed by atoms with Gasteiger partial charge in [0.1, 0.15) is 0 Å². The molecule has 0 aromatic rings. The highest BCUT2D eigenvalue weighted by Crippen LogP contribution is 2.19. The largest absolute Gasteiger partial charge is 0.379 e. The third kappa shape index (κ3) is 11.5. The number of nitrogens with zero attached hydrogens (tertiary/aromatic N) is 2. The Morgan fingerprint density at radius 3 is 2.52 bits per heavy atom. The average Bonchev–Trinajstić information content (AvgIpc) is 2.93. The van der Waals surface area contributed by atoms with E-state index >= 15 is 0 Å². The second-order valence-corrected chi connectivity index (χ2v) is 7.65. The number of hydrogen-bond acceptors (Lipinski definition) is 4. The summed E-state index contributed by atoms with van der Waals surface area (Å²) < 4.78 is 11.5. The van der Waals surface area contributed by atoms with Crippen molar-refractivity contribution >= 4 is 29.9 Å². The Morgan fingerprint density at radius 2 is 1.85 bits per heavy atom. The number of ether oxygens (including phenoxy) is 2. The van der Waals surface area contributed by atoms with Gasteiger partial charge in [-0.25, -0.2) is 0 Å². The summed E-state index contributed by atoms with van der Waals surface area (Å²) in [6.07, 6.45) is 8.32. The third-order valence-corrected chi connectivity index (χ3v) is 5.13. The molecule has 0 aromatic carbocycles. The monoisotopic (exact) mass is 496 g/mol. The summed E-state index contributed by atoms with van der Waals surface area (Å²) >= 11 is 0. The van der Waals surface area contributed by atoms with E-state index in [1.807, 2.05) is 0 Å². The highest BCUT2D eigenvalue weighted by molar-refractivity contribution is 14.0. The SMILES string of the molecule is CCNC(=NCC(C)CN1CCOCC1)NCCOC1CCCCCC1.I. The zero-order valence-corrected chi connectivity index (χ0v) is 19.7. The van der Waals surface area contributed by atoms with Crippen LogP contribution >= 0.6 is 24.0 Å². The molecule has 7 heteroatoms. The van der Waals surface area contributed by atoms with Crippen molar-refractivity contribution in [2.75, 3.05) is 59.1 Å². The molecular weight excluding hydrogens is 455 g/mol. The Bertz CT molecular complexity index is 384. The van der Waals surface area contributed by atoms with Crippen LogP contribution in [0.3, 0.4) is 0 Å². The minimum absolute atomic E-state index is 0. The van der Waals surface area contributed by atoms with Crippen LogP contribution in [-0.2, 0) is 9.47 Å². The zero-order valence-electron chi connectivity index (χ0n) is 17.4. The lowest BCUT2D eigenvalue weighted by atomic mass is 10.1. The number of aliphatic imine (C=N–C) groups is 1. The Hall–Kier alpha value is -0.120. The van der Waals surface area contributed by atoms with Gasteiger partial charge in [0.05, 0.1) is 25.9 Å². The van der Waals surface area contributed by atoms with E-state index in [4.69, 9.17) is 14.5 Å². The van der Waals surface area contributed by atoms with Gasteiger partial charge in [0.15, 0.2) is 5.96 Å². The van der Waals surface area contributed by atoms with Crippen LogP contribution in [0.2, 0.25) is 0 Å². The van der Waals surface area contributed by atoms with E-state index in [1.54, 1.807) is 0 Å². The Labute approximate surface area is 183 Å². The van der Waals surface area contributed by atoms with E-state index in [-0.39, 0.29) is 24.0 Å². The van der Waals surface area contributed by atoms with Crippen LogP contribution in [0, 0.1) is 5.92 Å². The number of guanidine groups is 1. The van der Waals surface area contributed by atoms with Crippen LogP contribution < -0.4 is 10.6 Å². The fraction of sp³-hybridized carbons (Fsp3) is 0.950. The summed E-state index contributed by atoms with van der Waals surface area (Å²) in [5.74, 6) is 1.46. The maximum absolute atomic E-state index is 6.05. The minimum atomic E-state index is 0. The summed E-state index contributed by atoms with van der Waals surface area (Å²) in [4.78, 5) is 7.24. The molecule has 160 valence electrons.